The predicted octanol–water partition coefficient (Wildman–Crippen LogP) is 2.69. The van der Waals surface area contributed by atoms with E-state index in [0.717, 1.165) is 18.4 Å². The summed E-state index contributed by atoms with van der Waals surface area (Å²) >= 11 is 0. The first-order valence-electron chi connectivity index (χ1n) is 10.2. The Bertz CT molecular complexity index is 737. The molecule has 7 nitrogen and oxygen atoms in total. The molecule has 0 bridgehead atoms. The van der Waals surface area contributed by atoms with Gasteiger partial charge in [-0.1, -0.05) is 30.7 Å². The van der Waals surface area contributed by atoms with Crippen molar-refractivity contribution < 1.29 is 24.6 Å². The molecule has 1 aliphatic carbocycles. The maximum Gasteiger partial charge on any atom is 0.326 e. The van der Waals surface area contributed by atoms with Crippen molar-refractivity contribution in [1.29, 1.82) is 0 Å². The fourth-order valence-corrected chi connectivity index (χ4v) is 3.48. The zero-order valence-corrected chi connectivity index (χ0v) is 17.4. The highest BCUT2D eigenvalue weighted by molar-refractivity contribution is 5.87. The molecule has 0 radical (unpaired) electrons. The second-order valence-electron chi connectivity index (χ2n) is 8.86. The number of hydrogen-bond acceptors (Lipinski definition) is 4. The Morgan fingerprint density at radius 3 is 2.34 bits per heavy atom. The number of nitrogens with one attached hydrogen (secondary N) is 2. The summed E-state index contributed by atoms with van der Waals surface area (Å²) in [4.78, 5) is 35.4. The molecule has 0 saturated heterocycles. The maximum absolute atomic E-state index is 12.7. The third kappa shape index (κ3) is 7.49. The molecular weight excluding hydrogens is 372 g/mol. The SMILES string of the molecule is CC(C)(C)N[C@@H](CCC(=O)O)C(=O)N[C@@H](Cc1cccc(C2CCC2)c1)C(=O)O. The third-order valence-electron chi connectivity index (χ3n) is 5.15. The van der Waals surface area contributed by atoms with E-state index in [2.05, 4.69) is 16.7 Å². The minimum absolute atomic E-state index is 0.0853. The van der Waals surface area contributed by atoms with E-state index in [-0.39, 0.29) is 19.3 Å². The van der Waals surface area contributed by atoms with Gasteiger partial charge in [0.05, 0.1) is 6.04 Å². The molecule has 1 fully saturated rings. The Morgan fingerprint density at radius 1 is 1.14 bits per heavy atom. The fourth-order valence-electron chi connectivity index (χ4n) is 3.48. The second-order valence-corrected chi connectivity index (χ2v) is 8.86. The van der Waals surface area contributed by atoms with Crippen LogP contribution in [0.15, 0.2) is 24.3 Å². The molecular formula is C22H32N2O5. The van der Waals surface area contributed by atoms with Crippen LogP contribution in [0.3, 0.4) is 0 Å². The number of hydrogen-bond donors (Lipinski definition) is 4. The van der Waals surface area contributed by atoms with E-state index in [0.29, 0.717) is 5.92 Å². The van der Waals surface area contributed by atoms with Gasteiger partial charge in [-0.15, -0.1) is 0 Å². The average Bonchev–Trinajstić information content (AvgIpc) is 2.55. The lowest BCUT2D eigenvalue weighted by Gasteiger charge is -2.29. The van der Waals surface area contributed by atoms with Crippen molar-refractivity contribution in [1.82, 2.24) is 10.6 Å². The van der Waals surface area contributed by atoms with Gasteiger partial charge in [0.1, 0.15) is 6.04 Å². The molecule has 1 saturated carbocycles. The summed E-state index contributed by atoms with van der Waals surface area (Å²) in [7, 11) is 0. The third-order valence-corrected chi connectivity index (χ3v) is 5.15. The zero-order valence-electron chi connectivity index (χ0n) is 17.4. The van der Waals surface area contributed by atoms with Crippen molar-refractivity contribution >= 4 is 17.8 Å². The summed E-state index contributed by atoms with van der Waals surface area (Å²) in [5.41, 5.74) is 1.67. The molecule has 1 aliphatic rings. The molecule has 2 atom stereocenters. The maximum atomic E-state index is 12.7. The molecule has 0 aliphatic heterocycles. The number of rotatable bonds is 10. The van der Waals surface area contributed by atoms with Crippen molar-refractivity contribution in [3.8, 4) is 0 Å². The highest BCUT2D eigenvalue weighted by Gasteiger charge is 2.29. The van der Waals surface area contributed by atoms with E-state index in [1.54, 1.807) is 0 Å². The van der Waals surface area contributed by atoms with Crippen LogP contribution in [0.4, 0.5) is 0 Å². The first-order valence-corrected chi connectivity index (χ1v) is 10.2. The van der Waals surface area contributed by atoms with Crippen molar-refractivity contribution in [2.45, 2.75) is 82.8 Å². The molecule has 1 amide bonds. The lowest BCUT2D eigenvalue weighted by Crippen LogP contribution is -2.55. The van der Waals surface area contributed by atoms with Gasteiger partial charge in [-0.2, -0.15) is 0 Å². The fraction of sp³-hybridized carbons (Fsp3) is 0.591. The van der Waals surface area contributed by atoms with E-state index in [1.807, 2.05) is 39.0 Å². The van der Waals surface area contributed by atoms with Crippen LogP contribution in [-0.2, 0) is 20.8 Å². The van der Waals surface area contributed by atoms with E-state index in [9.17, 15) is 19.5 Å². The normalized spacial score (nSPS) is 16.5. The van der Waals surface area contributed by atoms with Crippen LogP contribution in [0.2, 0.25) is 0 Å². The highest BCUT2D eigenvalue weighted by atomic mass is 16.4. The Kier molecular flexibility index (Phi) is 7.79. The highest BCUT2D eigenvalue weighted by Crippen LogP contribution is 2.36. The molecule has 0 heterocycles. The molecule has 1 aromatic carbocycles. The molecule has 7 heteroatoms. The van der Waals surface area contributed by atoms with Crippen molar-refractivity contribution in [2.24, 2.45) is 0 Å². The van der Waals surface area contributed by atoms with Crippen LogP contribution in [-0.4, -0.2) is 45.7 Å². The molecule has 0 spiro atoms. The van der Waals surface area contributed by atoms with Gasteiger partial charge in [0.25, 0.3) is 0 Å². The first-order chi connectivity index (χ1) is 13.5. The van der Waals surface area contributed by atoms with Crippen LogP contribution in [0.25, 0.3) is 0 Å². The lowest BCUT2D eigenvalue weighted by molar-refractivity contribution is -0.142. The average molecular weight is 405 g/mol. The van der Waals surface area contributed by atoms with Gasteiger partial charge in [0.15, 0.2) is 0 Å². The van der Waals surface area contributed by atoms with Crippen molar-refractivity contribution in [2.75, 3.05) is 0 Å². The number of amides is 1. The van der Waals surface area contributed by atoms with Gasteiger partial charge in [0.2, 0.25) is 5.91 Å². The number of aliphatic carboxylic acids is 2. The van der Waals surface area contributed by atoms with Gasteiger partial charge in [-0.25, -0.2) is 4.79 Å². The van der Waals surface area contributed by atoms with Crippen LogP contribution in [0, 0.1) is 0 Å². The van der Waals surface area contributed by atoms with Crippen molar-refractivity contribution in [3.63, 3.8) is 0 Å². The first kappa shape index (κ1) is 22.9. The predicted molar refractivity (Wildman–Crippen MR) is 110 cm³/mol. The Labute approximate surface area is 171 Å². The Hall–Kier alpha value is -2.41. The van der Waals surface area contributed by atoms with Crippen LogP contribution in [0.5, 0.6) is 0 Å². The monoisotopic (exact) mass is 404 g/mol. The van der Waals surface area contributed by atoms with Gasteiger partial charge in [-0.05, 0) is 57.1 Å². The standard InChI is InChI=1S/C22H32N2O5/c1-22(2,3)24-17(10-11-19(25)26)20(27)23-18(21(28)29)13-14-6-4-9-16(12-14)15-7-5-8-15/h4,6,9,12,15,17-18,24H,5,7-8,10-11,13H2,1-3H3,(H,23,27)(H,25,26)(H,28,29)/t17-,18-/m0/s1. The Morgan fingerprint density at radius 2 is 1.83 bits per heavy atom. The molecule has 0 aromatic heterocycles. The molecule has 160 valence electrons. The smallest absolute Gasteiger partial charge is 0.326 e. The number of benzene rings is 1. The quantitative estimate of drug-likeness (QED) is 0.476. The topological polar surface area (TPSA) is 116 Å². The zero-order chi connectivity index (χ0) is 21.6. The van der Waals surface area contributed by atoms with E-state index < -0.39 is 35.5 Å². The second kappa shape index (κ2) is 9.87. The van der Waals surface area contributed by atoms with Crippen molar-refractivity contribution in [3.05, 3.63) is 35.4 Å². The molecule has 1 aromatic rings. The van der Waals surface area contributed by atoms with Gasteiger partial charge in [0, 0.05) is 18.4 Å². The summed E-state index contributed by atoms with van der Waals surface area (Å²) in [5, 5.41) is 24.3. The van der Waals surface area contributed by atoms with E-state index >= 15 is 0 Å². The summed E-state index contributed by atoms with van der Waals surface area (Å²) < 4.78 is 0. The largest absolute Gasteiger partial charge is 0.481 e. The minimum Gasteiger partial charge on any atom is -0.481 e. The molecule has 0 unspecified atom stereocenters. The summed E-state index contributed by atoms with van der Waals surface area (Å²) in [6.07, 6.45) is 3.63. The van der Waals surface area contributed by atoms with Gasteiger partial charge < -0.3 is 20.8 Å². The Balaban J connectivity index is 2.07. The minimum atomic E-state index is -1.11. The van der Waals surface area contributed by atoms with E-state index in [1.165, 1.54) is 12.0 Å². The molecule has 29 heavy (non-hydrogen) atoms. The van der Waals surface area contributed by atoms with Gasteiger partial charge in [-0.3, -0.25) is 9.59 Å². The number of carbonyl (C=O) groups is 3. The number of carboxylic acids is 2. The summed E-state index contributed by atoms with van der Waals surface area (Å²) in [6, 6.07) is 6.04. The molecule has 4 N–H and O–H groups in total. The number of carboxylic acid groups (broad SMARTS) is 2. The van der Waals surface area contributed by atoms with Crippen LogP contribution in [0.1, 0.15) is 69.9 Å². The lowest BCUT2D eigenvalue weighted by atomic mass is 9.79. The van der Waals surface area contributed by atoms with Crippen LogP contribution < -0.4 is 10.6 Å². The van der Waals surface area contributed by atoms with Gasteiger partial charge >= 0.3 is 11.9 Å². The summed E-state index contributed by atoms with van der Waals surface area (Å²) in [5.74, 6) is -2.06. The van der Waals surface area contributed by atoms with E-state index in [4.69, 9.17) is 5.11 Å². The van der Waals surface area contributed by atoms with Crippen LogP contribution >= 0.6 is 0 Å². The number of carbonyl (C=O) groups excluding carboxylic acids is 1. The summed E-state index contributed by atoms with van der Waals surface area (Å²) in [6.45, 7) is 5.61. The molecule has 2 rings (SSSR count).